The van der Waals surface area contributed by atoms with Gasteiger partial charge in [0.1, 0.15) is 0 Å². The van der Waals surface area contributed by atoms with Gasteiger partial charge in [-0.05, 0) is 30.9 Å². The van der Waals surface area contributed by atoms with E-state index in [0.29, 0.717) is 12.2 Å². The van der Waals surface area contributed by atoms with Crippen LogP contribution in [0.3, 0.4) is 0 Å². The van der Waals surface area contributed by atoms with Gasteiger partial charge in [0, 0.05) is 29.1 Å². The highest BCUT2D eigenvalue weighted by Gasteiger charge is 2.17. The number of hydrogen-bond donors (Lipinski definition) is 1. The van der Waals surface area contributed by atoms with Gasteiger partial charge in [0.2, 0.25) is 0 Å². The number of nitrogens with one attached hydrogen (secondary N) is 1. The predicted molar refractivity (Wildman–Crippen MR) is 83.2 cm³/mol. The topological polar surface area (TPSA) is 32.9 Å². The Morgan fingerprint density at radius 2 is 2.05 bits per heavy atom. The highest BCUT2D eigenvalue weighted by atomic mass is 16.1. The van der Waals surface area contributed by atoms with E-state index < -0.39 is 0 Å². The third kappa shape index (κ3) is 2.79. The lowest BCUT2D eigenvalue weighted by atomic mass is 9.85. The summed E-state index contributed by atoms with van der Waals surface area (Å²) in [7, 11) is 0. The Morgan fingerprint density at radius 1 is 1.25 bits per heavy atom. The molecule has 0 radical (unpaired) electrons. The van der Waals surface area contributed by atoms with Gasteiger partial charge >= 0.3 is 0 Å². The van der Waals surface area contributed by atoms with Crippen molar-refractivity contribution in [2.45, 2.75) is 51.9 Å². The minimum absolute atomic E-state index is 0.297. The summed E-state index contributed by atoms with van der Waals surface area (Å²) in [6.07, 6.45) is 10.4. The monoisotopic (exact) mass is 269 g/mol. The Balaban J connectivity index is 1.69. The zero-order valence-electron chi connectivity index (χ0n) is 12.2. The Hall–Kier alpha value is -1.57. The summed E-state index contributed by atoms with van der Waals surface area (Å²) in [5.41, 5.74) is 3.17. The van der Waals surface area contributed by atoms with E-state index in [9.17, 15) is 4.79 Å². The number of carbonyl (C=O) groups excluding carboxylic acids is 1. The van der Waals surface area contributed by atoms with Crippen LogP contribution in [0.15, 0.2) is 24.4 Å². The molecule has 0 bridgehead atoms. The molecule has 1 aromatic heterocycles. The van der Waals surface area contributed by atoms with Gasteiger partial charge in [-0.1, -0.05) is 44.2 Å². The molecule has 3 rings (SSSR count). The molecule has 0 unspecified atom stereocenters. The Morgan fingerprint density at radius 3 is 2.85 bits per heavy atom. The van der Waals surface area contributed by atoms with Crippen LogP contribution in [0.5, 0.6) is 0 Å². The summed E-state index contributed by atoms with van der Waals surface area (Å²) in [4.78, 5) is 15.7. The first-order chi connectivity index (χ1) is 9.74. The van der Waals surface area contributed by atoms with E-state index in [2.05, 4.69) is 30.1 Å². The fourth-order valence-electron chi connectivity index (χ4n) is 3.42. The molecule has 2 nitrogen and oxygen atoms in total. The van der Waals surface area contributed by atoms with Crippen LogP contribution in [0.2, 0.25) is 0 Å². The van der Waals surface area contributed by atoms with E-state index in [-0.39, 0.29) is 0 Å². The van der Waals surface area contributed by atoms with Gasteiger partial charge in [0.05, 0.1) is 0 Å². The molecule has 0 saturated heterocycles. The quantitative estimate of drug-likeness (QED) is 0.777. The smallest absolute Gasteiger partial charge is 0.165 e. The van der Waals surface area contributed by atoms with Gasteiger partial charge in [-0.25, -0.2) is 0 Å². The van der Waals surface area contributed by atoms with Crippen molar-refractivity contribution in [3.63, 3.8) is 0 Å². The molecule has 0 spiro atoms. The molecule has 2 heteroatoms. The normalized spacial score (nSPS) is 16.6. The molecule has 0 amide bonds. The van der Waals surface area contributed by atoms with Crippen LogP contribution in [-0.2, 0) is 0 Å². The van der Waals surface area contributed by atoms with Crippen molar-refractivity contribution in [2.75, 3.05) is 0 Å². The number of fused-ring (bicyclic) bond motifs is 1. The molecule has 1 saturated carbocycles. The van der Waals surface area contributed by atoms with Crippen molar-refractivity contribution in [1.29, 1.82) is 0 Å². The fourth-order valence-corrected chi connectivity index (χ4v) is 3.42. The maximum Gasteiger partial charge on any atom is 0.165 e. The van der Waals surface area contributed by atoms with Crippen LogP contribution in [0, 0.1) is 12.8 Å². The molecule has 20 heavy (non-hydrogen) atoms. The van der Waals surface area contributed by atoms with E-state index in [0.717, 1.165) is 28.8 Å². The van der Waals surface area contributed by atoms with Crippen molar-refractivity contribution in [3.8, 4) is 0 Å². The SMILES string of the molecule is Cc1ccc2c(C(=O)CCC3CCCCC3)c[nH]c2c1. The van der Waals surface area contributed by atoms with Crippen LogP contribution < -0.4 is 0 Å². The average Bonchev–Trinajstić information content (AvgIpc) is 2.89. The second kappa shape index (κ2) is 5.82. The number of benzene rings is 1. The van der Waals surface area contributed by atoms with Gasteiger partial charge in [0.15, 0.2) is 5.78 Å². The van der Waals surface area contributed by atoms with E-state index in [1.807, 2.05) is 6.20 Å². The third-order valence-electron chi connectivity index (χ3n) is 4.64. The summed E-state index contributed by atoms with van der Waals surface area (Å²) >= 11 is 0. The summed E-state index contributed by atoms with van der Waals surface area (Å²) in [6.45, 7) is 2.07. The lowest BCUT2D eigenvalue weighted by molar-refractivity contribution is 0.0972. The molecule has 0 aliphatic heterocycles. The summed E-state index contributed by atoms with van der Waals surface area (Å²) in [5.74, 6) is 1.07. The van der Waals surface area contributed by atoms with Gasteiger partial charge in [-0.2, -0.15) is 0 Å². The van der Waals surface area contributed by atoms with E-state index in [4.69, 9.17) is 0 Å². The number of hydrogen-bond acceptors (Lipinski definition) is 1. The lowest BCUT2D eigenvalue weighted by Crippen LogP contribution is -2.09. The van der Waals surface area contributed by atoms with Crippen LogP contribution in [-0.4, -0.2) is 10.8 Å². The number of aryl methyl sites for hydroxylation is 1. The average molecular weight is 269 g/mol. The van der Waals surface area contributed by atoms with Crippen LogP contribution >= 0.6 is 0 Å². The zero-order chi connectivity index (χ0) is 13.9. The highest BCUT2D eigenvalue weighted by molar-refractivity contribution is 6.07. The number of H-pyrrole nitrogens is 1. The molecule has 1 fully saturated rings. The number of carbonyl (C=O) groups is 1. The minimum atomic E-state index is 0.297. The Labute approximate surface area is 120 Å². The van der Waals surface area contributed by atoms with E-state index in [1.54, 1.807) is 0 Å². The van der Waals surface area contributed by atoms with E-state index in [1.165, 1.54) is 37.7 Å². The lowest BCUT2D eigenvalue weighted by Gasteiger charge is -2.20. The Kier molecular flexibility index (Phi) is 3.90. The number of rotatable bonds is 4. The highest BCUT2D eigenvalue weighted by Crippen LogP contribution is 2.28. The van der Waals surface area contributed by atoms with Crippen LogP contribution in [0.25, 0.3) is 10.9 Å². The predicted octanol–water partition coefficient (Wildman–Crippen LogP) is 5.02. The molecule has 106 valence electrons. The first-order valence-corrected chi connectivity index (χ1v) is 7.85. The van der Waals surface area contributed by atoms with Crippen molar-refractivity contribution in [3.05, 3.63) is 35.5 Å². The Bertz CT molecular complexity index is 605. The minimum Gasteiger partial charge on any atom is -0.360 e. The van der Waals surface area contributed by atoms with E-state index >= 15 is 0 Å². The standard InChI is InChI=1S/C18H23NO/c1-13-7-9-15-16(12-19-17(15)11-13)18(20)10-8-14-5-3-2-4-6-14/h7,9,11-12,14,19H,2-6,8,10H2,1H3. The summed E-state index contributed by atoms with van der Waals surface area (Å²) in [5, 5.41) is 1.07. The van der Waals surface area contributed by atoms with Gasteiger partial charge in [-0.15, -0.1) is 0 Å². The molecule has 0 atom stereocenters. The number of ketones is 1. The second-order valence-electron chi connectivity index (χ2n) is 6.22. The van der Waals surface area contributed by atoms with Gasteiger partial charge < -0.3 is 4.98 Å². The summed E-state index contributed by atoms with van der Waals surface area (Å²) in [6, 6.07) is 6.25. The van der Waals surface area contributed by atoms with Gasteiger partial charge in [0.25, 0.3) is 0 Å². The zero-order valence-corrected chi connectivity index (χ0v) is 12.2. The molecular formula is C18H23NO. The fraction of sp³-hybridized carbons (Fsp3) is 0.500. The first-order valence-electron chi connectivity index (χ1n) is 7.85. The van der Waals surface area contributed by atoms with Crippen molar-refractivity contribution < 1.29 is 4.79 Å². The van der Waals surface area contributed by atoms with Crippen molar-refractivity contribution in [2.24, 2.45) is 5.92 Å². The van der Waals surface area contributed by atoms with Crippen LogP contribution in [0.4, 0.5) is 0 Å². The molecular weight excluding hydrogens is 246 g/mol. The first kappa shape index (κ1) is 13.4. The maximum atomic E-state index is 12.4. The maximum absolute atomic E-state index is 12.4. The van der Waals surface area contributed by atoms with Crippen LogP contribution in [0.1, 0.15) is 60.9 Å². The van der Waals surface area contributed by atoms with Crippen molar-refractivity contribution in [1.82, 2.24) is 4.98 Å². The number of Topliss-reactive ketones (excluding diaryl/α,β-unsaturated/α-hetero) is 1. The molecule has 1 aromatic carbocycles. The molecule has 2 aromatic rings. The molecule has 1 aliphatic carbocycles. The molecule has 1 aliphatic rings. The van der Waals surface area contributed by atoms with Crippen molar-refractivity contribution >= 4 is 16.7 Å². The second-order valence-corrected chi connectivity index (χ2v) is 6.22. The third-order valence-corrected chi connectivity index (χ3v) is 4.64. The van der Waals surface area contributed by atoms with Gasteiger partial charge in [-0.3, -0.25) is 4.79 Å². The molecule has 1 N–H and O–H groups in total. The number of aromatic nitrogens is 1. The summed E-state index contributed by atoms with van der Waals surface area (Å²) < 4.78 is 0. The number of aromatic amines is 1. The largest absolute Gasteiger partial charge is 0.360 e. The molecule has 1 heterocycles.